The molecule has 6 nitrogen and oxygen atoms in total. The number of ether oxygens (including phenoxy) is 1. The van der Waals surface area contributed by atoms with Crippen LogP contribution in [0, 0.1) is 5.82 Å². The summed E-state index contributed by atoms with van der Waals surface area (Å²) in [6, 6.07) is 12.3. The van der Waals surface area contributed by atoms with Gasteiger partial charge in [0.15, 0.2) is 0 Å². The summed E-state index contributed by atoms with van der Waals surface area (Å²) in [5.41, 5.74) is 0.991. The molecular weight excluding hydrogens is 313 g/mol. The monoisotopic (exact) mass is 327 g/mol. The first-order chi connectivity index (χ1) is 11.7. The van der Waals surface area contributed by atoms with Crippen molar-refractivity contribution in [1.29, 1.82) is 0 Å². The third-order valence-electron chi connectivity index (χ3n) is 3.16. The SMILES string of the molecule is CCOc1ccc(C(=O)Nc2nnc(-c3ccc(F)cc3)o2)cc1. The van der Waals surface area contributed by atoms with Crippen molar-refractivity contribution in [3.63, 3.8) is 0 Å². The molecule has 24 heavy (non-hydrogen) atoms. The third kappa shape index (κ3) is 3.57. The van der Waals surface area contributed by atoms with Gasteiger partial charge in [0.2, 0.25) is 5.89 Å². The van der Waals surface area contributed by atoms with Gasteiger partial charge in [-0.15, -0.1) is 5.10 Å². The molecule has 0 radical (unpaired) electrons. The Morgan fingerprint density at radius 1 is 1.12 bits per heavy atom. The minimum absolute atomic E-state index is 0.0341. The zero-order valence-corrected chi connectivity index (χ0v) is 12.8. The van der Waals surface area contributed by atoms with Gasteiger partial charge in [0, 0.05) is 11.1 Å². The van der Waals surface area contributed by atoms with Crippen LogP contribution in [0.5, 0.6) is 5.75 Å². The Labute approximate surface area is 137 Å². The second-order valence-corrected chi connectivity index (χ2v) is 4.83. The Hall–Kier alpha value is -3.22. The molecule has 2 aromatic carbocycles. The van der Waals surface area contributed by atoms with Crippen molar-refractivity contribution in [1.82, 2.24) is 10.2 Å². The number of hydrogen-bond donors (Lipinski definition) is 1. The molecule has 0 aliphatic rings. The molecule has 0 fully saturated rings. The molecule has 0 atom stereocenters. The minimum atomic E-state index is -0.382. The van der Waals surface area contributed by atoms with Gasteiger partial charge in [0.25, 0.3) is 5.91 Å². The van der Waals surface area contributed by atoms with Gasteiger partial charge in [-0.3, -0.25) is 10.1 Å². The fourth-order valence-corrected chi connectivity index (χ4v) is 2.02. The van der Waals surface area contributed by atoms with Gasteiger partial charge < -0.3 is 9.15 Å². The first kappa shape index (κ1) is 15.7. The highest BCUT2D eigenvalue weighted by molar-refractivity contribution is 6.03. The molecular formula is C17H14FN3O3. The highest BCUT2D eigenvalue weighted by Gasteiger charge is 2.13. The Kier molecular flexibility index (Phi) is 4.51. The maximum atomic E-state index is 12.9. The number of aromatic nitrogens is 2. The summed E-state index contributed by atoms with van der Waals surface area (Å²) < 4.78 is 23.6. The number of carbonyl (C=O) groups is 1. The van der Waals surface area contributed by atoms with Crippen LogP contribution in [0.4, 0.5) is 10.4 Å². The van der Waals surface area contributed by atoms with Crippen molar-refractivity contribution < 1.29 is 18.3 Å². The summed E-state index contributed by atoms with van der Waals surface area (Å²) >= 11 is 0. The molecule has 3 rings (SSSR count). The molecule has 0 saturated carbocycles. The van der Waals surface area contributed by atoms with E-state index in [9.17, 15) is 9.18 Å². The average molecular weight is 327 g/mol. The quantitative estimate of drug-likeness (QED) is 0.776. The predicted molar refractivity (Wildman–Crippen MR) is 85.3 cm³/mol. The molecule has 0 unspecified atom stereocenters. The van der Waals surface area contributed by atoms with Gasteiger partial charge in [0.1, 0.15) is 11.6 Å². The van der Waals surface area contributed by atoms with Crippen LogP contribution in [0.15, 0.2) is 52.9 Å². The van der Waals surface area contributed by atoms with E-state index >= 15 is 0 Å². The molecule has 0 saturated heterocycles. The number of nitrogens with zero attached hydrogens (tertiary/aromatic N) is 2. The van der Waals surface area contributed by atoms with E-state index in [1.807, 2.05) is 6.92 Å². The maximum absolute atomic E-state index is 12.9. The third-order valence-corrected chi connectivity index (χ3v) is 3.16. The first-order valence-corrected chi connectivity index (χ1v) is 7.29. The van der Waals surface area contributed by atoms with E-state index in [4.69, 9.17) is 9.15 Å². The average Bonchev–Trinajstić information content (AvgIpc) is 3.05. The summed E-state index contributed by atoms with van der Waals surface area (Å²) in [6.45, 7) is 2.44. The van der Waals surface area contributed by atoms with Crippen LogP contribution in [0.3, 0.4) is 0 Å². The first-order valence-electron chi connectivity index (χ1n) is 7.29. The number of anilines is 1. The summed E-state index contributed by atoms with van der Waals surface area (Å²) in [5.74, 6) is 0.136. The van der Waals surface area contributed by atoms with Crippen molar-refractivity contribution in [3.8, 4) is 17.2 Å². The molecule has 3 aromatic rings. The van der Waals surface area contributed by atoms with E-state index in [-0.39, 0.29) is 23.6 Å². The van der Waals surface area contributed by atoms with Crippen LogP contribution < -0.4 is 10.1 Å². The number of hydrogen-bond acceptors (Lipinski definition) is 5. The van der Waals surface area contributed by atoms with E-state index in [2.05, 4.69) is 15.5 Å². The molecule has 0 aliphatic heterocycles. The maximum Gasteiger partial charge on any atom is 0.322 e. The highest BCUT2D eigenvalue weighted by atomic mass is 19.1. The van der Waals surface area contributed by atoms with E-state index in [1.54, 1.807) is 24.3 Å². The van der Waals surface area contributed by atoms with Crippen LogP contribution >= 0.6 is 0 Å². The van der Waals surface area contributed by atoms with Gasteiger partial charge in [-0.1, -0.05) is 5.10 Å². The molecule has 1 aromatic heterocycles. The Bertz CT molecular complexity index is 829. The number of rotatable bonds is 5. The van der Waals surface area contributed by atoms with Crippen molar-refractivity contribution >= 4 is 11.9 Å². The Balaban J connectivity index is 1.69. The second-order valence-electron chi connectivity index (χ2n) is 4.83. The summed E-state index contributed by atoms with van der Waals surface area (Å²) in [5, 5.41) is 10.1. The standard InChI is InChI=1S/C17H14FN3O3/c1-2-23-14-9-5-11(6-10-14)15(22)19-17-21-20-16(24-17)12-3-7-13(18)8-4-12/h3-10H,2H2,1H3,(H,19,21,22). The number of nitrogens with one attached hydrogen (secondary N) is 1. The van der Waals surface area contributed by atoms with Gasteiger partial charge in [-0.2, -0.15) is 0 Å². The number of amides is 1. The van der Waals surface area contributed by atoms with Crippen molar-refractivity contribution in [2.75, 3.05) is 11.9 Å². The molecule has 1 heterocycles. The summed E-state index contributed by atoms with van der Waals surface area (Å²) in [7, 11) is 0. The number of halogens is 1. The topological polar surface area (TPSA) is 77.2 Å². The molecule has 0 spiro atoms. The molecule has 122 valence electrons. The lowest BCUT2D eigenvalue weighted by atomic mass is 10.2. The van der Waals surface area contributed by atoms with Gasteiger partial charge in [-0.25, -0.2) is 4.39 Å². The molecule has 7 heteroatoms. The smallest absolute Gasteiger partial charge is 0.322 e. The fourth-order valence-electron chi connectivity index (χ4n) is 2.02. The lowest BCUT2D eigenvalue weighted by molar-refractivity contribution is 0.102. The summed E-state index contributed by atoms with van der Waals surface area (Å²) in [6.07, 6.45) is 0. The zero-order chi connectivity index (χ0) is 16.9. The predicted octanol–water partition coefficient (Wildman–Crippen LogP) is 3.53. The van der Waals surface area contributed by atoms with E-state index in [0.717, 1.165) is 0 Å². The van der Waals surface area contributed by atoms with Crippen LogP contribution in [0.25, 0.3) is 11.5 Å². The van der Waals surface area contributed by atoms with Crippen LogP contribution in [0.2, 0.25) is 0 Å². The van der Waals surface area contributed by atoms with Gasteiger partial charge in [-0.05, 0) is 55.5 Å². The van der Waals surface area contributed by atoms with Crippen LogP contribution in [-0.4, -0.2) is 22.7 Å². The van der Waals surface area contributed by atoms with Crippen molar-refractivity contribution in [3.05, 3.63) is 59.9 Å². The van der Waals surface area contributed by atoms with Gasteiger partial charge >= 0.3 is 6.01 Å². The highest BCUT2D eigenvalue weighted by Crippen LogP contribution is 2.20. The summed E-state index contributed by atoms with van der Waals surface area (Å²) in [4.78, 5) is 12.1. The Morgan fingerprint density at radius 2 is 1.83 bits per heavy atom. The minimum Gasteiger partial charge on any atom is -0.494 e. The van der Waals surface area contributed by atoms with Gasteiger partial charge in [0.05, 0.1) is 6.61 Å². The number of carbonyl (C=O) groups excluding carboxylic acids is 1. The van der Waals surface area contributed by atoms with E-state index in [0.29, 0.717) is 23.5 Å². The van der Waals surface area contributed by atoms with E-state index in [1.165, 1.54) is 24.3 Å². The lowest BCUT2D eigenvalue weighted by Gasteiger charge is -2.04. The molecule has 1 N–H and O–H groups in total. The van der Waals surface area contributed by atoms with Crippen LogP contribution in [-0.2, 0) is 0 Å². The molecule has 1 amide bonds. The second kappa shape index (κ2) is 6.91. The molecule has 0 aliphatic carbocycles. The zero-order valence-electron chi connectivity index (χ0n) is 12.8. The van der Waals surface area contributed by atoms with E-state index < -0.39 is 0 Å². The number of benzene rings is 2. The lowest BCUT2D eigenvalue weighted by Crippen LogP contribution is -2.12. The normalized spacial score (nSPS) is 10.4. The Morgan fingerprint density at radius 3 is 2.50 bits per heavy atom. The van der Waals surface area contributed by atoms with Crippen LogP contribution in [0.1, 0.15) is 17.3 Å². The van der Waals surface area contributed by atoms with Crippen molar-refractivity contribution in [2.24, 2.45) is 0 Å². The fraction of sp³-hybridized carbons (Fsp3) is 0.118. The molecule has 0 bridgehead atoms. The van der Waals surface area contributed by atoms with Crippen molar-refractivity contribution in [2.45, 2.75) is 6.92 Å². The largest absolute Gasteiger partial charge is 0.494 e.